The van der Waals surface area contributed by atoms with Gasteiger partial charge in [0.15, 0.2) is 0 Å². The molecule has 0 aliphatic carbocycles. The predicted molar refractivity (Wildman–Crippen MR) is 52.3 cm³/mol. The lowest BCUT2D eigenvalue weighted by atomic mass is 9.94. The highest BCUT2D eigenvalue weighted by molar-refractivity contribution is 7.80. The van der Waals surface area contributed by atoms with Crippen molar-refractivity contribution in [1.29, 1.82) is 0 Å². The van der Waals surface area contributed by atoms with Gasteiger partial charge in [-0.3, -0.25) is 0 Å². The summed E-state index contributed by atoms with van der Waals surface area (Å²) in [7, 11) is 0. The van der Waals surface area contributed by atoms with Crippen LogP contribution in [0.3, 0.4) is 0 Å². The van der Waals surface area contributed by atoms with Gasteiger partial charge in [0.1, 0.15) is 0 Å². The van der Waals surface area contributed by atoms with Gasteiger partial charge >= 0.3 is 0 Å². The van der Waals surface area contributed by atoms with Gasteiger partial charge in [0.05, 0.1) is 12.1 Å². The lowest BCUT2D eigenvalue weighted by molar-refractivity contribution is 0.210. The van der Waals surface area contributed by atoms with Crippen molar-refractivity contribution in [2.24, 2.45) is 5.73 Å². The molecule has 1 rings (SSSR count). The number of aliphatic hydroxyl groups excluding tert-OH is 1. The second-order valence-corrected chi connectivity index (χ2v) is 3.64. The van der Waals surface area contributed by atoms with Gasteiger partial charge in [-0.05, 0) is 24.6 Å². The van der Waals surface area contributed by atoms with Crippen LogP contribution in [0.25, 0.3) is 0 Å². The zero-order valence-corrected chi connectivity index (χ0v) is 7.88. The van der Waals surface area contributed by atoms with Crippen LogP contribution in [-0.2, 0) is 5.54 Å². The van der Waals surface area contributed by atoms with Crippen LogP contribution in [0.5, 0.6) is 0 Å². The van der Waals surface area contributed by atoms with E-state index in [2.05, 4.69) is 12.6 Å². The van der Waals surface area contributed by atoms with Crippen molar-refractivity contribution in [1.82, 2.24) is 0 Å². The van der Waals surface area contributed by atoms with Crippen LogP contribution in [0.1, 0.15) is 12.5 Å². The molecule has 0 heterocycles. The fraction of sp³-hybridized carbons (Fsp3) is 0.333. The van der Waals surface area contributed by atoms with Gasteiger partial charge in [0.2, 0.25) is 0 Å². The molecule has 12 heavy (non-hydrogen) atoms. The summed E-state index contributed by atoms with van der Waals surface area (Å²) >= 11 is 4.15. The first kappa shape index (κ1) is 9.58. The molecule has 1 aromatic carbocycles. The molecule has 0 amide bonds. The Labute approximate surface area is 77.8 Å². The van der Waals surface area contributed by atoms with E-state index in [4.69, 9.17) is 10.8 Å². The Morgan fingerprint density at radius 3 is 2.33 bits per heavy atom. The van der Waals surface area contributed by atoms with E-state index in [9.17, 15) is 0 Å². The third kappa shape index (κ3) is 2.00. The molecule has 0 fully saturated rings. The van der Waals surface area contributed by atoms with Gasteiger partial charge in [-0.15, -0.1) is 12.6 Å². The topological polar surface area (TPSA) is 46.2 Å². The van der Waals surface area contributed by atoms with Crippen LogP contribution in [0.4, 0.5) is 0 Å². The molecular weight excluding hydrogens is 170 g/mol. The number of rotatable bonds is 2. The van der Waals surface area contributed by atoms with Gasteiger partial charge in [-0.25, -0.2) is 0 Å². The van der Waals surface area contributed by atoms with Crippen molar-refractivity contribution in [3.63, 3.8) is 0 Å². The molecule has 0 bridgehead atoms. The summed E-state index contributed by atoms with van der Waals surface area (Å²) in [5.74, 6) is 0. The van der Waals surface area contributed by atoms with Crippen LogP contribution < -0.4 is 5.73 Å². The summed E-state index contributed by atoms with van der Waals surface area (Å²) in [5, 5.41) is 8.97. The van der Waals surface area contributed by atoms with Crippen molar-refractivity contribution in [2.45, 2.75) is 17.4 Å². The molecule has 1 aromatic rings. The van der Waals surface area contributed by atoms with Crippen molar-refractivity contribution in [3.05, 3.63) is 29.8 Å². The minimum atomic E-state index is -0.651. The Morgan fingerprint density at radius 2 is 1.92 bits per heavy atom. The maximum atomic E-state index is 8.97. The average molecular weight is 183 g/mol. The quantitative estimate of drug-likeness (QED) is 0.602. The fourth-order valence-corrected chi connectivity index (χ4v) is 1.08. The Kier molecular flexibility index (Phi) is 2.77. The van der Waals surface area contributed by atoms with E-state index >= 15 is 0 Å². The molecule has 0 aliphatic rings. The summed E-state index contributed by atoms with van der Waals surface area (Å²) in [6.07, 6.45) is 0. The van der Waals surface area contributed by atoms with Crippen LogP contribution in [0.15, 0.2) is 29.2 Å². The molecule has 2 nitrogen and oxygen atoms in total. The first-order valence-electron chi connectivity index (χ1n) is 3.75. The Bertz CT molecular complexity index is 256. The van der Waals surface area contributed by atoms with E-state index in [1.165, 1.54) is 0 Å². The van der Waals surface area contributed by atoms with E-state index < -0.39 is 5.54 Å². The first-order valence-corrected chi connectivity index (χ1v) is 4.20. The number of hydrogen-bond donors (Lipinski definition) is 3. The van der Waals surface area contributed by atoms with Gasteiger partial charge in [-0.2, -0.15) is 0 Å². The summed E-state index contributed by atoms with van der Waals surface area (Å²) in [4.78, 5) is 0.896. The minimum absolute atomic E-state index is 0.0566. The standard InChI is InChI=1S/C9H13NOS/c1-9(10,6-11)7-2-4-8(12)5-3-7/h2-5,11-12H,6,10H2,1H3. The Morgan fingerprint density at radius 1 is 1.42 bits per heavy atom. The van der Waals surface area contributed by atoms with E-state index in [-0.39, 0.29) is 6.61 Å². The molecule has 3 N–H and O–H groups in total. The van der Waals surface area contributed by atoms with Crippen molar-refractivity contribution in [2.75, 3.05) is 6.61 Å². The van der Waals surface area contributed by atoms with E-state index in [1.807, 2.05) is 24.3 Å². The van der Waals surface area contributed by atoms with Gasteiger partial charge in [0, 0.05) is 4.90 Å². The molecule has 0 radical (unpaired) electrons. The number of hydrogen-bond acceptors (Lipinski definition) is 3. The highest BCUT2D eigenvalue weighted by atomic mass is 32.1. The van der Waals surface area contributed by atoms with E-state index in [0.29, 0.717) is 0 Å². The van der Waals surface area contributed by atoms with Crippen molar-refractivity contribution >= 4 is 12.6 Å². The monoisotopic (exact) mass is 183 g/mol. The molecule has 66 valence electrons. The first-order chi connectivity index (χ1) is 5.56. The Hall–Kier alpha value is -0.510. The van der Waals surface area contributed by atoms with Gasteiger partial charge in [-0.1, -0.05) is 12.1 Å². The van der Waals surface area contributed by atoms with Crippen LogP contribution in [-0.4, -0.2) is 11.7 Å². The number of nitrogens with two attached hydrogens (primary N) is 1. The second-order valence-electron chi connectivity index (χ2n) is 3.12. The molecule has 0 aliphatic heterocycles. The summed E-state index contributed by atoms with van der Waals surface area (Å²) in [6, 6.07) is 7.47. The summed E-state index contributed by atoms with van der Waals surface area (Å²) < 4.78 is 0. The molecule has 3 heteroatoms. The smallest absolute Gasteiger partial charge is 0.0650 e. The second kappa shape index (κ2) is 3.47. The highest BCUT2D eigenvalue weighted by Crippen LogP contribution is 2.18. The third-order valence-corrected chi connectivity index (χ3v) is 2.15. The molecular formula is C9H13NOS. The van der Waals surface area contributed by atoms with Crippen LogP contribution in [0, 0.1) is 0 Å². The van der Waals surface area contributed by atoms with Crippen molar-refractivity contribution < 1.29 is 5.11 Å². The zero-order valence-electron chi connectivity index (χ0n) is 6.99. The molecule has 0 aromatic heterocycles. The lowest BCUT2D eigenvalue weighted by Crippen LogP contribution is -2.36. The molecule has 1 atom stereocenters. The van der Waals surface area contributed by atoms with Crippen LogP contribution >= 0.6 is 12.6 Å². The molecule has 0 saturated carbocycles. The number of thiol groups is 1. The van der Waals surface area contributed by atoms with E-state index in [1.54, 1.807) is 6.92 Å². The summed E-state index contributed by atoms with van der Waals surface area (Å²) in [6.45, 7) is 1.74. The van der Waals surface area contributed by atoms with Crippen LogP contribution in [0.2, 0.25) is 0 Å². The maximum Gasteiger partial charge on any atom is 0.0650 e. The summed E-state index contributed by atoms with van der Waals surface area (Å²) in [5.41, 5.74) is 6.08. The number of aliphatic hydroxyl groups is 1. The SMILES string of the molecule is CC(N)(CO)c1ccc(S)cc1. The zero-order chi connectivity index (χ0) is 9.19. The molecule has 1 unspecified atom stereocenters. The number of benzene rings is 1. The Balaban J connectivity index is 2.96. The van der Waals surface area contributed by atoms with Crippen molar-refractivity contribution in [3.8, 4) is 0 Å². The lowest BCUT2D eigenvalue weighted by Gasteiger charge is -2.22. The normalized spacial score (nSPS) is 15.7. The van der Waals surface area contributed by atoms with E-state index in [0.717, 1.165) is 10.5 Å². The maximum absolute atomic E-state index is 8.97. The largest absolute Gasteiger partial charge is 0.394 e. The highest BCUT2D eigenvalue weighted by Gasteiger charge is 2.18. The molecule has 0 saturated heterocycles. The van der Waals surface area contributed by atoms with Gasteiger partial charge in [0.25, 0.3) is 0 Å². The van der Waals surface area contributed by atoms with Gasteiger partial charge < -0.3 is 10.8 Å². The molecule has 0 spiro atoms. The fourth-order valence-electron chi connectivity index (χ4n) is 0.933. The predicted octanol–water partition coefficient (Wildman–Crippen LogP) is 1.14. The third-order valence-electron chi connectivity index (χ3n) is 1.86. The average Bonchev–Trinajstić information content (AvgIpc) is 2.05. The minimum Gasteiger partial charge on any atom is -0.394 e.